The maximum absolute atomic E-state index is 12.8. The van der Waals surface area contributed by atoms with Gasteiger partial charge in [0, 0.05) is 11.8 Å². The average molecular weight is 220 g/mol. The van der Waals surface area contributed by atoms with Gasteiger partial charge in [0.1, 0.15) is 5.82 Å². The lowest BCUT2D eigenvalue weighted by Crippen LogP contribution is -2.10. The number of halogens is 1. The molecule has 0 aliphatic heterocycles. The number of aryl methyl sites for hydroxylation is 1. The van der Waals surface area contributed by atoms with Gasteiger partial charge in [0.15, 0.2) is 0 Å². The number of carbonyl (C=O) groups is 1. The average Bonchev–Trinajstić information content (AvgIpc) is 2.65. The molecule has 1 amide bonds. The highest BCUT2D eigenvalue weighted by atomic mass is 19.1. The molecule has 82 valence electrons. The highest BCUT2D eigenvalue weighted by Crippen LogP contribution is 2.11. The Morgan fingerprint density at radius 1 is 1.44 bits per heavy atom. The number of amides is 1. The third kappa shape index (κ3) is 2.25. The van der Waals surface area contributed by atoms with Gasteiger partial charge < -0.3 is 9.84 Å². The highest BCUT2D eigenvalue weighted by Gasteiger charge is 2.11. The van der Waals surface area contributed by atoms with Crippen molar-refractivity contribution < 1.29 is 13.7 Å². The molecule has 0 atom stereocenters. The van der Waals surface area contributed by atoms with E-state index in [1.807, 2.05) is 0 Å². The molecule has 1 aromatic carbocycles. The Morgan fingerprint density at radius 2 is 2.25 bits per heavy atom. The smallest absolute Gasteiger partial charge is 0.294 e. The van der Waals surface area contributed by atoms with Crippen LogP contribution >= 0.6 is 0 Å². The fourth-order valence-corrected chi connectivity index (χ4v) is 1.23. The Hall–Kier alpha value is -2.17. The van der Waals surface area contributed by atoms with Crippen LogP contribution in [-0.2, 0) is 0 Å². The van der Waals surface area contributed by atoms with E-state index >= 15 is 0 Å². The first-order valence-corrected chi connectivity index (χ1v) is 4.65. The summed E-state index contributed by atoms with van der Waals surface area (Å²) in [6, 6.07) is 7.13. The van der Waals surface area contributed by atoms with Crippen molar-refractivity contribution in [3.8, 4) is 0 Å². The minimum Gasteiger partial charge on any atom is -0.351 e. The van der Waals surface area contributed by atoms with Gasteiger partial charge >= 0.3 is 0 Å². The van der Waals surface area contributed by atoms with Crippen molar-refractivity contribution in [1.82, 2.24) is 5.16 Å². The maximum atomic E-state index is 12.8. The summed E-state index contributed by atoms with van der Waals surface area (Å²) in [6.07, 6.45) is 0. The van der Waals surface area contributed by atoms with Gasteiger partial charge in [-0.2, -0.15) is 0 Å². The maximum Gasteiger partial charge on any atom is 0.294 e. The molecule has 16 heavy (non-hydrogen) atoms. The predicted molar refractivity (Wildman–Crippen MR) is 55.6 cm³/mol. The lowest BCUT2D eigenvalue weighted by molar-refractivity contribution is 0.0988. The van der Waals surface area contributed by atoms with Crippen molar-refractivity contribution in [2.45, 2.75) is 6.92 Å². The van der Waals surface area contributed by atoms with Crippen LogP contribution in [0, 0.1) is 12.7 Å². The first-order valence-electron chi connectivity index (χ1n) is 4.65. The summed E-state index contributed by atoms with van der Waals surface area (Å²) in [6.45, 7) is 1.71. The van der Waals surface area contributed by atoms with Crippen molar-refractivity contribution in [3.05, 3.63) is 47.6 Å². The Morgan fingerprint density at radius 3 is 2.88 bits per heavy atom. The number of benzene rings is 1. The largest absolute Gasteiger partial charge is 0.351 e. The molecule has 2 rings (SSSR count). The van der Waals surface area contributed by atoms with E-state index in [2.05, 4.69) is 10.5 Å². The number of carbonyl (C=O) groups excluding carboxylic acids is 1. The third-order valence-electron chi connectivity index (χ3n) is 1.93. The fourth-order valence-electron chi connectivity index (χ4n) is 1.23. The van der Waals surface area contributed by atoms with Gasteiger partial charge in [-0.15, -0.1) is 0 Å². The Bertz CT molecular complexity index is 522. The molecule has 0 spiro atoms. The van der Waals surface area contributed by atoms with Crippen LogP contribution in [0.2, 0.25) is 0 Å². The van der Waals surface area contributed by atoms with Gasteiger partial charge in [-0.05, 0) is 25.1 Å². The van der Waals surface area contributed by atoms with E-state index in [1.54, 1.807) is 13.0 Å². The fraction of sp³-hybridized carbons (Fsp3) is 0.0909. The molecule has 0 unspecified atom stereocenters. The van der Waals surface area contributed by atoms with Crippen molar-refractivity contribution in [1.29, 1.82) is 0 Å². The minimum atomic E-state index is -0.453. The Labute approximate surface area is 91.1 Å². The summed E-state index contributed by atoms with van der Waals surface area (Å²) in [5, 5.41) is 6.09. The van der Waals surface area contributed by atoms with Gasteiger partial charge in [-0.3, -0.25) is 4.79 Å². The van der Waals surface area contributed by atoms with Crippen LogP contribution in [0.5, 0.6) is 0 Å². The molecule has 0 aliphatic rings. The van der Waals surface area contributed by atoms with Crippen LogP contribution in [0.3, 0.4) is 0 Å². The van der Waals surface area contributed by atoms with Crippen molar-refractivity contribution >= 4 is 11.6 Å². The Balaban J connectivity index is 2.13. The van der Waals surface area contributed by atoms with E-state index in [-0.39, 0.29) is 5.76 Å². The van der Waals surface area contributed by atoms with E-state index in [0.717, 1.165) is 0 Å². The van der Waals surface area contributed by atoms with E-state index in [9.17, 15) is 9.18 Å². The molecular formula is C11H9FN2O2. The number of hydrogen-bond acceptors (Lipinski definition) is 3. The van der Waals surface area contributed by atoms with E-state index in [0.29, 0.717) is 11.4 Å². The monoisotopic (exact) mass is 220 g/mol. The molecule has 0 radical (unpaired) electrons. The molecule has 0 saturated heterocycles. The highest BCUT2D eigenvalue weighted by molar-refractivity contribution is 6.02. The molecule has 0 saturated carbocycles. The standard InChI is InChI=1S/C11H9FN2O2/c1-7-5-10(16-14-7)11(15)13-9-4-2-3-8(12)6-9/h2-6H,1H3,(H,13,15). The number of rotatable bonds is 2. The van der Waals surface area contributed by atoms with Crippen LogP contribution in [0.1, 0.15) is 16.2 Å². The molecular weight excluding hydrogens is 211 g/mol. The first kappa shape index (κ1) is 10.4. The lowest BCUT2D eigenvalue weighted by Gasteiger charge is -2.01. The molecule has 1 heterocycles. The quantitative estimate of drug-likeness (QED) is 0.845. The van der Waals surface area contributed by atoms with Crippen molar-refractivity contribution in [3.63, 3.8) is 0 Å². The summed E-state index contributed by atoms with van der Waals surface area (Å²) in [7, 11) is 0. The second-order valence-electron chi connectivity index (χ2n) is 3.30. The van der Waals surface area contributed by atoms with Gasteiger partial charge in [0.2, 0.25) is 5.76 Å². The van der Waals surface area contributed by atoms with E-state index in [4.69, 9.17) is 4.52 Å². The zero-order valence-electron chi connectivity index (χ0n) is 8.53. The summed E-state index contributed by atoms with van der Waals surface area (Å²) in [5.74, 6) is -0.764. The molecule has 2 aromatic rings. The van der Waals surface area contributed by atoms with Crippen molar-refractivity contribution in [2.24, 2.45) is 0 Å². The number of aromatic nitrogens is 1. The van der Waals surface area contributed by atoms with E-state index < -0.39 is 11.7 Å². The van der Waals surface area contributed by atoms with Gasteiger partial charge in [0.05, 0.1) is 5.69 Å². The van der Waals surface area contributed by atoms with Crippen LogP contribution in [-0.4, -0.2) is 11.1 Å². The second kappa shape index (κ2) is 4.14. The molecule has 1 aromatic heterocycles. The van der Waals surface area contributed by atoms with Gasteiger partial charge in [-0.1, -0.05) is 11.2 Å². The summed E-state index contributed by atoms with van der Waals surface area (Å²) >= 11 is 0. The summed E-state index contributed by atoms with van der Waals surface area (Å²) in [5.41, 5.74) is 0.989. The number of anilines is 1. The molecule has 0 aliphatic carbocycles. The van der Waals surface area contributed by atoms with E-state index in [1.165, 1.54) is 24.3 Å². The molecule has 0 fully saturated rings. The zero-order valence-corrected chi connectivity index (χ0v) is 8.53. The first-order chi connectivity index (χ1) is 7.65. The van der Waals surface area contributed by atoms with Crippen LogP contribution in [0.15, 0.2) is 34.9 Å². The zero-order chi connectivity index (χ0) is 11.5. The second-order valence-corrected chi connectivity index (χ2v) is 3.30. The molecule has 0 bridgehead atoms. The number of nitrogens with one attached hydrogen (secondary N) is 1. The van der Waals surface area contributed by atoms with Crippen LogP contribution in [0.25, 0.3) is 0 Å². The number of nitrogens with zero attached hydrogens (tertiary/aromatic N) is 1. The van der Waals surface area contributed by atoms with Gasteiger partial charge in [0.25, 0.3) is 5.91 Å². The number of hydrogen-bond donors (Lipinski definition) is 1. The van der Waals surface area contributed by atoms with Crippen LogP contribution < -0.4 is 5.32 Å². The SMILES string of the molecule is Cc1cc(C(=O)Nc2cccc(F)c2)on1. The van der Waals surface area contributed by atoms with Crippen molar-refractivity contribution in [2.75, 3.05) is 5.32 Å². The summed E-state index contributed by atoms with van der Waals surface area (Å²) < 4.78 is 17.6. The van der Waals surface area contributed by atoms with Gasteiger partial charge in [-0.25, -0.2) is 4.39 Å². The third-order valence-corrected chi connectivity index (χ3v) is 1.93. The van der Waals surface area contributed by atoms with Crippen LogP contribution in [0.4, 0.5) is 10.1 Å². The minimum absolute atomic E-state index is 0.0989. The predicted octanol–water partition coefficient (Wildman–Crippen LogP) is 2.37. The molecule has 5 heteroatoms. The molecule has 1 N–H and O–H groups in total. The topological polar surface area (TPSA) is 55.1 Å². The normalized spacial score (nSPS) is 10.1. The lowest BCUT2D eigenvalue weighted by atomic mass is 10.3. The Kier molecular flexibility index (Phi) is 2.68. The summed E-state index contributed by atoms with van der Waals surface area (Å²) in [4.78, 5) is 11.6. The molecule has 4 nitrogen and oxygen atoms in total.